The first-order valence-electron chi connectivity index (χ1n) is 1.79. The molecule has 0 fully saturated rings. The zero-order valence-electron chi connectivity index (χ0n) is 5.08. The first-order valence-corrected chi connectivity index (χ1v) is 5.37. The van der Waals surface area contributed by atoms with Crippen LogP contribution in [0.2, 0.25) is 19.6 Å². The molecule has 0 aromatic carbocycles. The van der Waals surface area contributed by atoms with Crippen molar-refractivity contribution in [2.24, 2.45) is 5.40 Å². The van der Waals surface area contributed by atoms with E-state index in [4.69, 9.17) is 5.40 Å². The van der Waals surface area contributed by atoms with Crippen LogP contribution in [-0.2, 0) is 0 Å². The van der Waals surface area contributed by atoms with Gasteiger partial charge >= 0.3 is 0 Å². The van der Waals surface area contributed by atoms with Crippen molar-refractivity contribution in [2.75, 3.05) is 0 Å². The minimum atomic E-state index is -1.11. The van der Waals surface area contributed by atoms with Crippen molar-refractivity contribution in [3.8, 4) is 0 Å². The van der Waals surface area contributed by atoms with Crippen LogP contribution in [0.5, 0.6) is 0 Å². The van der Waals surface area contributed by atoms with Crippen molar-refractivity contribution < 1.29 is 0 Å². The molecule has 0 heterocycles. The van der Waals surface area contributed by atoms with Gasteiger partial charge in [0, 0.05) is 29.6 Å². The van der Waals surface area contributed by atoms with E-state index in [0.29, 0.717) is 0 Å². The van der Waals surface area contributed by atoms with E-state index in [1.165, 1.54) is 0 Å². The van der Waals surface area contributed by atoms with Crippen molar-refractivity contribution in [2.45, 2.75) is 19.6 Å². The molecule has 0 aliphatic heterocycles. The Morgan fingerprint density at radius 2 is 1.17 bits per heavy atom. The minimum absolute atomic E-state index is 0. The Hall–Kier alpha value is 1.18. The topological polar surface area (TPSA) is 26.0 Å². The summed E-state index contributed by atoms with van der Waals surface area (Å²) in [7, 11) is -1.11. The fourth-order valence-electron chi connectivity index (χ4n) is 0. The van der Waals surface area contributed by atoms with Crippen LogP contribution in [0.4, 0.5) is 0 Å². The van der Waals surface area contributed by atoms with Gasteiger partial charge in [0.2, 0.25) is 0 Å². The van der Waals surface area contributed by atoms with Crippen molar-refractivity contribution in [3.05, 3.63) is 0 Å². The zero-order chi connectivity index (χ0) is 4.50. The van der Waals surface area contributed by atoms with Gasteiger partial charge in [-0.3, -0.25) is 0 Å². The molecule has 0 aromatic rings. The average Bonchev–Trinajstić information content (AvgIpc) is 0.722. The van der Waals surface area contributed by atoms with E-state index in [1.807, 2.05) is 0 Å². The molecule has 0 aliphatic carbocycles. The molecule has 1 radical (unpaired) electrons. The van der Waals surface area contributed by atoms with Crippen LogP contribution >= 0.6 is 0 Å². The van der Waals surface area contributed by atoms with Crippen LogP contribution in [-0.4, -0.2) is 37.8 Å². The predicted molar refractivity (Wildman–Crippen MR) is 33.3 cm³/mol. The number of hydrogen-bond donors (Lipinski definition) is 1. The van der Waals surface area contributed by atoms with Crippen molar-refractivity contribution in [1.82, 2.24) is 0 Å². The molecule has 0 unspecified atom stereocenters. The van der Waals surface area contributed by atoms with Gasteiger partial charge in [0.25, 0.3) is 0 Å². The van der Waals surface area contributed by atoms with Gasteiger partial charge in [-0.05, 0) is 0 Å². The second kappa shape index (κ2) is 3.21. The second-order valence-electron chi connectivity index (χ2n) is 2.37. The molecular formula is C3H11NNaSi. The van der Waals surface area contributed by atoms with Crippen LogP contribution in [0.25, 0.3) is 0 Å². The third kappa shape index (κ3) is 65.2. The third-order valence-corrected chi connectivity index (χ3v) is 0. The summed E-state index contributed by atoms with van der Waals surface area (Å²) in [5.41, 5.74) is 0. The Morgan fingerprint density at radius 3 is 1.17 bits per heavy atom. The maximum atomic E-state index is 5.49. The third-order valence-electron chi connectivity index (χ3n) is 0. The van der Waals surface area contributed by atoms with Crippen LogP contribution in [0, 0.1) is 0 Å². The van der Waals surface area contributed by atoms with E-state index in [9.17, 15) is 0 Å². The molecule has 0 atom stereocenters. The van der Waals surface area contributed by atoms with Crippen LogP contribution in [0.3, 0.4) is 0 Å². The van der Waals surface area contributed by atoms with E-state index in [1.54, 1.807) is 0 Å². The minimum Gasteiger partial charge on any atom is -0.351 e. The van der Waals surface area contributed by atoms with Crippen molar-refractivity contribution in [1.29, 1.82) is 0 Å². The smallest absolute Gasteiger partial charge is 0.113 e. The normalized spacial score (nSPS) is 10.0. The summed E-state index contributed by atoms with van der Waals surface area (Å²) in [6, 6.07) is 0. The van der Waals surface area contributed by atoms with Gasteiger partial charge in [-0.25, -0.2) is 0 Å². The van der Waals surface area contributed by atoms with Gasteiger partial charge < -0.3 is 5.40 Å². The molecule has 0 aliphatic rings. The zero-order valence-corrected chi connectivity index (χ0v) is 8.08. The quantitative estimate of drug-likeness (QED) is 0.451. The molecule has 0 bridgehead atoms. The van der Waals surface area contributed by atoms with Gasteiger partial charge in [0.1, 0.15) is 8.24 Å². The Bertz CT molecular complexity index is 26.3. The van der Waals surface area contributed by atoms with Crippen LogP contribution in [0.1, 0.15) is 0 Å². The van der Waals surface area contributed by atoms with E-state index in [2.05, 4.69) is 19.6 Å². The fourth-order valence-corrected chi connectivity index (χ4v) is 0. The molecule has 0 amide bonds. The first kappa shape index (κ1) is 10.2. The van der Waals surface area contributed by atoms with Crippen LogP contribution < -0.4 is 5.40 Å². The summed E-state index contributed by atoms with van der Waals surface area (Å²) < 4.78 is 0. The SMILES string of the molecule is C[Si](C)(C)N.[Na]. The molecule has 0 spiro atoms. The first-order chi connectivity index (χ1) is 2.00. The average molecular weight is 112 g/mol. The summed E-state index contributed by atoms with van der Waals surface area (Å²) in [6.07, 6.45) is 0. The molecular weight excluding hydrogens is 101 g/mol. The maximum Gasteiger partial charge on any atom is 0.113 e. The summed E-state index contributed by atoms with van der Waals surface area (Å²) in [5.74, 6) is 0. The molecule has 6 heavy (non-hydrogen) atoms. The van der Waals surface area contributed by atoms with Gasteiger partial charge in [0.15, 0.2) is 0 Å². The molecule has 0 saturated carbocycles. The fraction of sp³-hybridized carbons (Fsp3) is 1.00. The number of hydrogen-bond acceptors (Lipinski definition) is 1. The number of nitrogens with two attached hydrogens (primary N) is 1. The molecule has 0 aromatic heterocycles. The standard InChI is InChI=1S/C3H11NSi.Na/c1-5(2,3)4;/h4H2,1-3H3;. The van der Waals surface area contributed by atoms with Gasteiger partial charge in [-0.1, -0.05) is 19.6 Å². The Balaban J connectivity index is 0. The summed E-state index contributed by atoms with van der Waals surface area (Å²) >= 11 is 0. The summed E-state index contributed by atoms with van der Waals surface area (Å²) in [5, 5.41) is 5.49. The van der Waals surface area contributed by atoms with E-state index < -0.39 is 8.24 Å². The molecule has 2 N–H and O–H groups in total. The summed E-state index contributed by atoms with van der Waals surface area (Å²) in [4.78, 5) is 0. The monoisotopic (exact) mass is 112 g/mol. The Kier molecular flexibility index (Phi) is 5.47. The maximum absolute atomic E-state index is 5.49. The molecule has 0 saturated heterocycles. The number of rotatable bonds is 0. The molecule has 3 heteroatoms. The second-order valence-corrected chi connectivity index (χ2v) is 7.10. The van der Waals surface area contributed by atoms with Crippen molar-refractivity contribution in [3.63, 3.8) is 0 Å². The molecule has 1 nitrogen and oxygen atoms in total. The van der Waals surface area contributed by atoms with Gasteiger partial charge in [-0.2, -0.15) is 0 Å². The van der Waals surface area contributed by atoms with E-state index in [-0.39, 0.29) is 29.6 Å². The molecule has 0 rings (SSSR count). The summed E-state index contributed by atoms with van der Waals surface area (Å²) in [6.45, 7) is 6.31. The molecule has 33 valence electrons. The van der Waals surface area contributed by atoms with Gasteiger partial charge in [0.05, 0.1) is 0 Å². The Labute approximate surface area is 62.7 Å². The Morgan fingerprint density at radius 1 is 1.17 bits per heavy atom. The predicted octanol–water partition coefficient (Wildman–Crippen LogP) is 0.399. The van der Waals surface area contributed by atoms with E-state index >= 15 is 0 Å². The van der Waals surface area contributed by atoms with Crippen LogP contribution in [0.15, 0.2) is 0 Å². The van der Waals surface area contributed by atoms with E-state index in [0.717, 1.165) is 0 Å². The van der Waals surface area contributed by atoms with Gasteiger partial charge in [-0.15, -0.1) is 0 Å². The van der Waals surface area contributed by atoms with Crippen molar-refractivity contribution >= 4 is 37.8 Å². The largest absolute Gasteiger partial charge is 0.351 e.